The van der Waals surface area contributed by atoms with Crippen LogP contribution in [0.1, 0.15) is 20.9 Å². The van der Waals surface area contributed by atoms with Gasteiger partial charge in [0.15, 0.2) is 0 Å². The summed E-state index contributed by atoms with van der Waals surface area (Å²) in [5.74, 6) is -0.139. The van der Waals surface area contributed by atoms with Crippen molar-refractivity contribution in [3.8, 4) is 0 Å². The molecule has 6 rings (SSSR count). The largest absolute Gasteiger partial charge is 0.336 e. The van der Waals surface area contributed by atoms with E-state index in [1.807, 2.05) is 60.0 Å². The molecule has 1 fully saturated rings. The van der Waals surface area contributed by atoms with Crippen molar-refractivity contribution in [1.82, 2.24) is 19.2 Å². The van der Waals surface area contributed by atoms with Crippen LogP contribution in [0.4, 0.5) is 0 Å². The number of aromatic nitrogens is 2. The molecule has 10 heteroatoms. The number of nitrogens with zero attached hydrogens (tertiary/aromatic N) is 4. The summed E-state index contributed by atoms with van der Waals surface area (Å²) in [6.07, 6.45) is 7.15. The molecular formula is C29H23BrN4O3S2. The van der Waals surface area contributed by atoms with Gasteiger partial charge >= 0.3 is 0 Å². The molecule has 0 radical (unpaired) electrons. The van der Waals surface area contributed by atoms with Gasteiger partial charge in [0.05, 0.1) is 21.7 Å². The summed E-state index contributed by atoms with van der Waals surface area (Å²) >= 11 is 5.14. The van der Waals surface area contributed by atoms with E-state index in [-0.39, 0.29) is 23.9 Å². The molecule has 196 valence electrons. The van der Waals surface area contributed by atoms with E-state index in [2.05, 4.69) is 20.9 Å². The lowest BCUT2D eigenvalue weighted by Crippen LogP contribution is -2.50. The first-order valence-electron chi connectivity index (χ1n) is 12.3. The van der Waals surface area contributed by atoms with Crippen LogP contribution in [0, 0.1) is 0 Å². The summed E-state index contributed by atoms with van der Waals surface area (Å²) in [5, 5.41) is 4.18. The average molecular weight is 620 g/mol. The smallest absolute Gasteiger partial charge is 0.254 e. The second kappa shape index (κ2) is 10.6. The molecule has 1 aliphatic heterocycles. The van der Waals surface area contributed by atoms with Crippen LogP contribution in [0.2, 0.25) is 0 Å². The van der Waals surface area contributed by atoms with E-state index in [0.29, 0.717) is 29.7 Å². The fourth-order valence-corrected chi connectivity index (χ4v) is 7.41. The lowest BCUT2D eigenvalue weighted by Gasteiger charge is -2.34. The molecule has 0 bridgehead atoms. The zero-order chi connectivity index (χ0) is 27.0. The molecule has 4 heterocycles. The first kappa shape index (κ1) is 25.8. The Hall–Kier alpha value is -3.44. The molecule has 39 heavy (non-hydrogen) atoms. The van der Waals surface area contributed by atoms with Crippen LogP contribution in [0.15, 0.2) is 87.8 Å². The van der Waals surface area contributed by atoms with Crippen LogP contribution in [-0.2, 0) is 10.0 Å². The lowest BCUT2D eigenvalue weighted by molar-refractivity contribution is 0.0700. The van der Waals surface area contributed by atoms with Gasteiger partial charge in [-0.1, -0.05) is 34.1 Å². The van der Waals surface area contributed by atoms with Gasteiger partial charge in [0.1, 0.15) is 0 Å². The molecule has 5 aromatic rings. The first-order valence-corrected chi connectivity index (χ1v) is 15.5. The Kier molecular flexibility index (Phi) is 7.03. The second-order valence-corrected chi connectivity index (χ2v) is 13.0. The van der Waals surface area contributed by atoms with Gasteiger partial charge in [-0.2, -0.15) is 4.31 Å². The van der Waals surface area contributed by atoms with E-state index in [1.54, 1.807) is 46.8 Å². The topological polar surface area (TPSA) is 83.5 Å². The van der Waals surface area contributed by atoms with Crippen LogP contribution < -0.4 is 0 Å². The minimum Gasteiger partial charge on any atom is -0.336 e. The number of thiophene rings is 1. The van der Waals surface area contributed by atoms with E-state index < -0.39 is 10.0 Å². The molecular weight excluding hydrogens is 596 g/mol. The first-order chi connectivity index (χ1) is 18.9. The van der Waals surface area contributed by atoms with Gasteiger partial charge in [-0.15, -0.1) is 11.3 Å². The molecule has 0 unspecified atom stereocenters. The predicted octanol–water partition coefficient (Wildman–Crippen LogP) is 5.92. The molecule has 0 spiro atoms. The van der Waals surface area contributed by atoms with E-state index >= 15 is 0 Å². The van der Waals surface area contributed by atoms with E-state index in [4.69, 9.17) is 4.98 Å². The fourth-order valence-electron chi connectivity index (χ4n) is 4.79. The fraction of sp³-hybridized carbons (Fsp3) is 0.138. The number of fused-ring (bicyclic) bond motifs is 2. The predicted molar refractivity (Wildman–Crippen MR) is 159 cm³/mol. The molecule has 3 aromatic heterocycles. The van der Waals surface area contributed by atoms with Crippen molar-refractivity contribution in [2.75, 3.05) is 26.2 Å². The Labute approximate surface area is 238 Å². The minimum absolute atomic E-state index is 0.139. The number of benzene rings is 2. The van der Waals surface area contributed by atoms with Gasteiger partial charge in [-0.05, 0) is 60.0 Å². The molecule has 1 amide bonds. The van der Waals surface area contributed by atoms with Crippen molar-refractivity contribution < 1.29 is 13.2 Å². The van der Waals surface area contributed by atoms with Gasteiger partial charge in [-0.3, -0.25) is 9.78 Å². The number of piperazine rings is 1. The molecule has 1 aliphatic rings. The van der Waals surface area contributed by atoms with Crippen molar-refractivity contribution in [3.63, 3.8) is 0 Å². The number of pyridine rings is 2. The highest BCUT2D eigenvalue weighted by Gasteiger charge is 2.32. The highest BCUT2D eigenvalue weighted by atomic mass is 79.9. The van der Waals surface area contributed by atoms with Crippen molar-refractivity contribution >= 4 is 77.0 Å². The summed E-state index contributed by atoms with van der Waals surface area (Å²) in [4.78, 5) is 25.7. The van der Waals surface area contributed by atoms with Crippen molar-refractivity contribution in [2.24, 2.45) is 0 Å². The zero-order valence-electron chi connectivity index (χ0n) is 20.7. The van der Waals surface area contributed by atoms with E-state index in [0.717, 1.165) is 25.6 Å². The van der Waals surface area contributed by atoms with Gasteiger partial charge in [0.25, 0.3) is 5.91 Å². The monoisotopic (exact) mass is 618 g/mol. The summed E-state index contributed by atoms with van der Waals surface area (Å²) in [6.45, 7) is 1.02. The van der Waals surface area contributed by atoms with Crippen LogP contribution in [0.3, 0.4) is 0 Å². The number of hydrogen-bond donors (Lipinski definition) is 0. The Bertz CT molecular complexity index is 1830. The molecule has 7 nitrogen and oxygen atoms in total. The summed E-state index contributed by atoms with van der Waals surface area (Å²) in [5.41, 5.74) is 1.96. The Morgan fingerprint density at radius 2 is 1.79 bits per heavy atom. The SMILES string of the molecule is O=C(c1cc(/C=C/c2cccs2)nc2ccc(Br)cc12)N1CCN(S(=O)(=O)c2cccc3cnccc23)CC1. The van der Waals surface area contributed by atoms with Crippen LogP contribution >= 0.6 is 27.3 Å². The van der Waals surface area contributed by atoms with Crippen molar-refractivity contribution in [3.05, 3.63) is 99.0 Å². The average Bonchev–Trinajstić information content (AvgIpc) is 3.49. The number of sulfonamides is 1. The highest BCUT2D eigenvalue weighted by molar-refractivity contribution is 9.10. The number of amides is 1. The van der Waals surface area contributed by atoms with Gasteiger partial charge < -0.3 is 4.90 Å². The molecule has 0 N–H and O–H groups in total. The molecule has 2 aromatic carbocycles. The third-order valence-electron chi connectivity index (χ3n) is 6.77. The number of carbonyl (C=O) groups is 1. The number of carbonyl (C=O) groups excluding carboxylic acids is 1. The summed E-state index contributed by atoms with van der Waals surface area (Å²) in [7, 11) is -3.74. The summed E-state index contributed by atoms with van der Waals surface area (Å²) < 4.78 is 29.4. The maximum atomic E-state index is 13.8. The van der Waals surface area contributed by atoms with Crippen LogP contribution in [0.5, 0.6) is 0 Å². The Morgan fingerprint density at radius 1 is 0.949 bits per heavy atom. The van der Waals surface area contributed by atoms with Crippen molar-refractivity contribution in [2.45, 2.75) is 4.90 Å². The molecule has 0 saturated carbocycles. The lowest BCUT2D eigenvalue weighted by atomic mass is 10.1. The van der Waals surface area contributed by atoms with Gasteiger partial charge in [-0.25, -0.2) is 13.4 Å². The van der Waals surface area contributed by atoms with Crippen LogP contribution in [-0.4, -0.2) is 59.7 Å². The molecule has 1 saturated heterocycles. The maximum absolute atomic E-state index is 13.8. The third-order valence-corrected chi connectivity index (χ3v) is 10.1. The third kappa shape index (κ3) is 5.12. The Morgan fingerprint density at radius 3 is 2.59 bits per heavy atom. The molecule has 0 aliphatic carbocycles. The number of hydrogen-bond acceptors (Lipinski definition) is 6. The summed E-state index contributed by atoms with van der Waals surface area (Å²) in [6, 6.07) is 18.4. The van der Waals surface area contributed by atoms with Gasteiger partial charge in [0, 0.05) is 64.1 Å². The standard InChI is InChI=1S/C29H23BrN4O3S2/c30-21-6-9-27-25(17-21)26(18-22(32-27)7-8-23-4-2-16-38-23)29(35)33-12-14-34(15-13-33)39(36,37)28-5-1-3-20-19-31-11-10-24(20)28/h1-11,16-19H,12-15H2/b8-7+. The second-order valence-electron chi connectivity index (χ2n) is 9.15. The normalized spacial score (nSPS) is 14.9. The van der Waals surface area contributed by atoms with Gasteiger partial charge in [0.2, 0.25) is 10.0 Å². The van der Waals surface area contributed by atoms with E-state index in [9.17, 15) is 13.2 Å². The highest BCUT2D eigenvalue weighted by Crippen LogP contribution is 2.28. The number of rotatable bonds is 5. The van der Waals surface area contributed by atoms with Crippen LogP contribution in [0.25, 0.3) is 33.8 Å². The maximum Gasteiger partial charge on any atom is 0.254 e. The zero-order valence-corrected chi connectivity index (χ0v) is 23.9. The van der Waals surface area contributed by atoms with Crippen molar-refractivity contribution in [1.29, 1.82) is 0 Å². The minimum atomic E-state index is -3.74. The quantitative estimate of drug-likeness (QED) is 0.244. The van der Waals surface area contributed by atoms with E-state index in [1.165, 1.54) is 4.31 Å². The number of halogens is 1. The molecule has 0 atom stereocenters. The Balaban J connectivity index is 1.27.